The van der Waals surface area contributed by atoms with E-state index >= 15 is 0 Å². The quantitative estimate of drug-likeness (QED) is 0.910. The Morgan fingerprint density at radius 2 is 1.81 bits per heavy atom. The van der Waals surface area contributed by atoms with Crippen LogP contribution in [0.4, 0.5) is 4.39 Å². The molecule has 2 atom stereocenters. The first kappa shape index (κ1) is 15.8. The zero-order valence-corrected chi connectivity index (χ0v) is 12.7. The third-order valence-corrected chi connectivity index (χ3v) is 3.97. The lowest BCUT2D eigenvalue weighted by Crippen LogP contribution is -2.44. The van der Waals surface area contributed by atoms with Gasteiger partial charge >= 0.3 is 0 Å². The van der Waals surface area contributed by atoms with E-state index in [4.69, 9.17) is 27.8 Å². The molecule has 0 spiro atoms. The van der Waals surface area contributed by atoms with Gasteiger partial charge in [-0.25, -0.2) is 4.39 Å². The van der Waals surface area contributed by atoms with Crippen molar-refractivity contribution < 1.29 is 9.13 Å². The van der Waals surface area contributed by atoms with E-state index in [0.717, 1.165) is 11.3 Å². The smallest absolute Gasteiger partial charge is 0.142 e. The van der Waals surface area contributed by atoms with Crippen molar-refractivity contribution in [3.05, 3.63) is 64.4 Å². The minimum Gasteiger partial charge on any atom is -0.497 e. The lowest BCUT2D eigenvalue weighted by atomic mass is 9.82. The van der Waals surface area contributed by atoms with E-state index in [-0.39, 0.29) is 5.02 Å². The molecule has 2 aromatic carbocycles. The standard InChI is InChI=1S/C16H18ClFN2O/c1-16(20,11-4-6-12(21-2)7-5-11)15(19)10-3-8-13(17)14(18)9-10/h3-9,15H,19-20H2,1-2H3/t15-,16+/m1/s1. The summed E-state index contributed by atoms with van der Waals surface area (Å²) in [5, 5.41) is 0.0640. The fraction of sp³-hybridized carbons (Fsp3) is 0.250. The van der Waals surface area contributed by atoms with E-state index in [1.54, 1.807) is 13.2 Å². The molecule has 0 saturated heterocycles. The van der Waals surface area contributed by atoms with Gasteiger partial charge in [-0.05, 0) is 42.3 Å². The van der Waals surface area contributed by atoms with E-state index in [1.165, 1.54) is 12.1 Å². The second-order valence-electron chi connectivity index (χ2n) is 5.16. The van der Waals surface area contributed by atoms with Gasteiger partial charge in [0.05, 0.1) is 23.7 Å². The van der Waals surface area contributed by atoms with Crippen LogP contribution in [0.2, 0.25) is 5.02 Å². The average Bonchev–Trinajstić information content (AvgIpc) is 2.49. The first-order valence-corrected chi connectivity index (χ1v) is 6.88. The number of benzene rings is 2. The van der Waals surface area contributed by atoms with Crippen LogP contribution in [0.15, 0.2) is 42.5 Å². The van der Waals surface area contributed by atoms with Gasteiger partial charge in [-0.15, -0.1) is 0 Å². The molecule has 21 heavy (non-hydrogen) atoms. The maximum Gasteiger partial charge on any atom is 0.142 e. The number of methoxy groups -OCH3 is 1. The summed E-state index contributed by atoms with van der Waals surface area (Å²) in [5.41, 5.74) is 13.2. The summed E-state index contributed by atoms with van der Waals surface area (Å²) in [7, 11) is 1.60. The van der Waals surface area contributed by atoms with Crippen molar-refractivity contribution in [1.29, 1.82) is 0 Å². The summed E-state index contributed by atoms with van der Waals surface area (Å²) in [5.74, 6) is 0.232. The Bertz CT molecular complexity index is 629. The molecule has 112 valence electrons. The molecule has 5 heteroatoms. The SMILES string of the molecule is COc1ccc([C@](C)(N)[C@H](N)c2ccc(Cl)c(F)c2)cc1. The number of ether oxygens (including phenoxy) is 1. The Kier molecular flexibility index (Phi) is 4.52. The summed E-state index contributed by atoms with van der Waals surface area (Å²) in [6, 6.07) is 11.3. The van der Waals surface area contributed by atoms with Gasteiger partial charge in [-0.1, -0.05) is 29.8 Å². The zero-order valence-electron chi connectivity index (χ0n) is 11.9. The van der Waals surface area contributed by atoms with Crippen molar-refractivity contribution in [2.45, 2.75) is 18.5 Å². The van der Waals surface area contributed by atoms with Crippen molar-refractivity contribution >= 4 is 11.6 Å². The van der Waals surface area contributed by atoms with Crippen LogP contribution in [0.5, 0.6) is 5.75 Å². The summed E-state index contributed by atoms with van der Waals surface area (Å²) < 4.78 is 18.7. The van der Waals surface area contributed by atoms with E-state index in [0.29, 0.717) is 5.56 Å². The van der Waals surface area contributed by atoms with Crippen molar-refractivity contribution in [2.75, 3.05) is 7.11 Å². The van der Waals surface area contributed by atoms with Gasteiger partial charge in [0, 0.05) is 0 Å². The highest BCUT2D eigenvalue weighted by molar-refractivity contribution is 6.30. The monoisotopic (exact) mass is 308 g/mol. The zero-order chi connectivity index (χ0) is 15.6. The van der Waals surface area contributed by atoms with E-state index < -0.39 is 17.4 Å². The van der Waals surface area contributed by atoms with Crippen LogP contribution in [-0.2, 0) is 5.54 Å². The summed E-state index contributed by atoms with van der Waals surface area (Å²) in [6.45, 7) is 1.81. The molecule has 0 radical (unpaired) electrons. The molecule has 0 aliphatic heterocycles. The first-order chi connectivity index (χ1) is 9.86. The van der Waals surface area contributed by atoms with E-state index in [2.05, 4.69) is 0 Å². The predicted molar refractivity (Wildman–Crippen MR) is 82.9 cm³/mol. The molecular weight excluding hydrogens is 291 g/mol. The molecule has 0 aliphatic rings. The molecule has 0 aliphatic carbocycles. The van der Waals surface area contributed by atoms with Crippen molar-refractivity contribution in [3.63, 3.8) is 0 Å². The molecule has 2 rings (SSSR count). The van der Waals surface area contributed by atoms with Crippen LogP contribution in [-0.4, -0.2) is 7.11 Å². The predicted octanol–water partition coefficient (Wildman–Crippen LogP) is 3.36. The normalized spacial score (nSPS) is 15.3. The molecule has 0 heterocycles. The molecular formula is C16H18ClFN2O. The molecule has 0 aromatic heterocycles. The van der Waals surface area contributed by atoms with Gasteiger partial charge in [-0.2, -0.15) is 0 Å². The highest BCUT2D eigenvalue weighted by atomic mass is 35.5. The van der Waals surface area contributed by atoms with Crippen molar-refractivity contribution in [1.82, 2.24) is 0 Å². The first-order valence-electron chi connectivity index (χ1n) is 6.50. The molecule has 0 bridgehead atoms. The lowest BCUT2D eigenvalue weighted by molar-refractivity contribution is 0.392. The van der Waals surface area contributed by atoms with Crippen LogP contribution in [0.3, 0.4) is 0 Å². The molecule has 3 nitrogen and oxygen atoms in total. The van der Waals surface area contributed by atoms with Gasteiger partial charge in [-0.3, -0.25) is 0 Å². The summed E-state index contributed by atoms with van der Waals surface area (Å²) >= 11 is 5.69. The number of hydrogen-bond donors (Lipinski definition) is 2. The average molecular weight is 309 g/mol. The Morgan fingerprint density at radius 1 is 1.19 bits per heavy atom. The molecule has 0 amide bonds. The van der Waals surface area contributed by atoms with Crippen LogP contribution in [0.1, 0.15) is 24.1 Å². The maximum absolute atomic E-state index is 13.6. The Hall–Kier alpha value is -1.62. The van der Waals surface area contributed by atoms with Gasteiger partial charge in [0.25, 0.3) is 0 Å². The van der Waals surface area contributed by atoms with Crippen molar-refractivity contribution in [3.8, 4) is 5.75 Å². The Labute approximate surface area is 128 Å². The summed E-state index contributed by atoms with van der Waals surface area (Å²) in [6.07, 6.45) is 0. The number of halogens is 2. The minimum absolute atomic E-state index is 0.0640. The molecule has 0 saturated carbocycles. The van der Waals surface area contributed by atoms with Crippen LogP contribution < -0.4 is 16.2 Å². The second-order valence-corrected chi connectivity index (χ2v) is 5.57. The van der Waals surface area contributed by atoms with Gasteiger partial charge in [0.1, 0.15) is 11.6 Å². The number of nitrogens with two attached hydrogens (primary N) is 2. The summed E-state index contributed by atoms with van der Waals surface area (Å²) in [4.78, 5) is 0. The molecule has 0 fully saturated rings. The van der Waals surface area contributed by atoms with Gasteiger partial charge in [0.15, 0.2) is 0 Å². The minimum atomic E-state index is -0.855. The largest absolute Gasteiger partial charge is 0.497 e. The Balaban J connectivity index is 2.34. The Morgan fingerprint density at radius 3 is 2.33 bits per heavy atom. The highest BCUT2D eigenvalue weighted by Crippen LogP contribution is 2.32. The second kappa shape index (κ2) is 6.02. The third-order valence-electron chi connectivity index (χ3n) is 3.66. The maximum atomic E-state index is 13.6. The van der Waals surface area contributed by atoms with Crippen molar-refractivity contribution in [2.24, 2.45) is 11.5 Å². The fourth-order valence-corrected chi connectivity index (χ4v) is 2.30. The van der Waals surface area contributed by atoms with Gasteiger partial charge in [0.2, 0.25) is 0 Å². The number of rotatable bonds is 4. The molecule has 4 N–H and O–H groups in total. The topological polar surface area (TPSA) is 61.3 Å². The fourth-order valence-electron chi connectivity index (χ4n) is 2.18. The van der Waals surface area contributed by atoms with Crippen LogP contribution >= 0.6 is 11.6 Å². The van der Waals surface area contributed by atoms with Gasteiger partial charge < -0.3 is 16.2 Å². The highest BCUT2D eigenvalue weighted by Gasteiger charge is 2.30. The molecule has 2 aromatic rings. The van der Waals surface area contributed by atoms with Crippen LogP contribution in [0.25, 0.3) is 0 Å². The molecule has 0 unspecified atom stereocenters. The van der Waals surface area contributed by atoms with Crippen LogP contribution in [0, 0.1) is 5.82 Å². The van der Waals surface area contributed by atoms with E-state index in [1.807, 2.05) is 31.2 Å². The third kappa shape index (κ3) is 3.18. The lowest BCUT2D eigenvalue weighted by Gasteiger charge is -2.32. The number of hydrogen-bond acceptors (Lipinski definition) is 3. The van der Waals surface area contributed by atoms with E-state index in [9.17, 15) is 4.39 Å².